The van der Waals surface area contributed by atoms with Crippen LogP contribution in [-0.2, 0) is 0 Å². The zero-order valence-corrected chi connectivity index (χ0v) is 12.1. The van der Waals surface area contributed by atoms with Crippen LogP contribution in [0.1, 0.15) is 67.2 Å². The van der Waals surface area contributed by atoms with Crippen LogP contribution in [0, 0.1) is 10.8 Å². The van der Waals surface area contributed by atoms with Gasteiger partial charge in [0.05, 0.1) is 0 Å². The van der Waals surface area contributed by atoms with E-state index in [4.69, 9.17) is 0 Å². The van der Waals surface area contributed by atoms with Gasteiger partial charge in [-0.3, -0.25) is 4.90 Å². The standard InChI is InChI=1S/C15H29N/c1-13(2,3)12-15(8-7-9-15)10-11-16(12)14(4,5)6/h12H,7-11H2,1-6H3. The van der Waals surface area contributed by atoms with Gasteiger partial charge in [0.1, 0.15) is 0 Å². The molecule has 0 aromatic carbocycles. The summed E-state index contributed by atoms with van der Waals surface area (Å²) < 4.78 is 0. The maximum atomic E-state index is 2.78. The Hall–Kier alpha value is -0.0400. The lowest BCUT2D eigenvalue weighted by atomic mass is 9.58. The first-order valence-electron chi connectivity index (χ1n) is 6.94. The second-order valence-electron chi connectivity index (χ2n) is 8.10. The second kappa shape index (κ2) is 3.48. The van der Waals surface area contributed by atoms with E-state index in [-0.39, 0.29) is 0 Å². The van der Waals surface area contributed by atoms with Crippen LogP contribution in [0.25, 0.3) is 0 Å². The largest absolute Gasteiger partial charge is 0.294 e. The summed E-state index contributed by atoms with van der Waals surface area (Å²) in [6.45, 7) is 15.7. The lowest BCUT2D eigenvalue weighted by Crippen LogP contribution is -2.56. The minimum Gasteiger partial charge on any atom is -0.294 e. The lowest BCUT2D eigenvalue weighted by Gasteiger charge is -2.53. The monoisotopic (exact) mass is 223 g/mol. The van der Waals surface area contributed by atoms with E-state index in [1.165, 1.54) is 32.2 Å². The predicted octanol–water partition coefficient (Wildman–Crippen LogP) is 4.08. The highest BCUT2D eigenvalue weighted by Crippen LogP contribution is 2.58. The van der Waals surface area contributed by atoms with Gasteiger partial charge in [-0.05, 0) is 57.4 Å². The Labute approximate surface area is 102 Å². The first-order chi connectivity index (χ1) is 7.17. The van der Waals surface area contributed by atoms with Gasteiger partial charge in [-0.2, -0.15) is 0 Å². The highest BCUT2D eigenvalue weighted by atomic mass is 15.3. The Kier molecular flexibility index (Phi) is 2.70. The molecule has 0 bridgehead atoms. The Balaban J connectivity index is 2.29. The van der Waals surface area contributed by atoms with E-state index in [1.54, 1.807) is 0 Å². The predicted molar refractivity (Wildman–Crippen MR) is 70.6 cm³/mol. The van der Waals surface area contributed by atoms with E-state index in [0.29, 0.717) is 16.4 Å². The summed E-state index contributed by atoms with van der Waals surface area (Å²) >= 11 is 0. The van der Waals surface area contributed by atoms with Gasteiger partial charge < -0.3 is 0 Å². The fourth-order valence-electron chi connectivity index (χ4n) is 4.20. The van der Waals surface area contributed by atoms with Crippen molar-refractivity contribution in [2.45, 2.75) is 78.8 Å². The van der Waals surface area contributed by atoms with Crippen LogP contribution in [0.2, 0.25) is 0 Å². The molecular weight excluding hydrogens is 194 g/mol. The van der Waals surface area contributed by atoms with E-state index in [0.717, 1.165) is 6.04 Å². The Morgan fingerprint density at radius 1 is 0.938 bits per heavy atom. The molecule has 1 atom stereocenters. The quantitative estimate of drug-likeness (QED) is 0.598. The van der Waals surface area contributed by atoms with Gasteiger partial charge in [-0.25, -0.2) is 0 Å². The van der Waals surface area contributed by atoms with Gasteiger partial charge in [0.2, 0.25) is 0 Å². The molecule has 1 nitrogen and oxygen atoms in total. The van der Waals surface area contributed by atoms with Gasteiger partial charge in [-0.1, -0.05) is 27.2 Å². The Morgan fingerprint density at radius 2 is 1.50 bits per heavy atom. The van der Waals surface area contributed by atoms with Crippen molar-refractivity contribution >= 4 is 0 Å². The third kappa shape index (κ3) is 1.81. The molecule has 1 saturated heterocycles. The molecule has 1 heterocycles. The molecule has 0 N–H and O–H groups in total. The lowest BCUT2D eigenvalue weighted by molar-refractivity contribution is -0.0322. The van der Waals surface area contributed by atoms with E-state index in [9.17, 15) is 0 Å². The summed E-state index contributed by atoms with van der Waals surface area (Å²) in [5, 5.41) is 0. The van der Waals surface area contributed by atoms with Gasteiger partial charge >= 0.3 is 0 Å². The van der Waals surface area contributed by atoms with Crippen LogP contribution in [0.3, 0.4) is 0 Å². The maximum absolute atomic E-state index is 2.78. The van der Waals surface area contributed by atoms with E-state index in [1.807, 2.05) is 0 Å². The van der Waals surface area contributed by atoms with E-state index in [2.05, 4.69) is 46.4 Å². The Morgan fingerprint density at radius 3 is 1.81 bits per heavy atom. The van der Waals surface area contributed by atoms with Crippen LogP contribution in [-0.4, -0.2) is 23.0 Å². The van der Waals surface area contributed by atoms with Crippen molar-refractivity contribution in [3.63, 3.8) is 0 Å². The molecule has 1 spiro atoms. The smallest absolute Gasteiger partial charge is 0.0206 e. The molecule has 0 aromatic rings. The number of likely N-dealkylation sites (tertiary alicyclic amines) is 1. The molecule has 2 rings (SSSR count). The van der Waals surface area contributed by atoms with Crippen molar-refractivity contribution in [1.29, 1.82) is 0 Å². The molecule has 1 aliphatic heterocycles. The van der Waals surface area contributed by atoms with Crippen LogP contribution in [0.15, 0.2) is 0 Å². The van der Waals surface area contributed by atoms with Crippen molar-refractivity contribution < 1.29 is 0 Å². The number of rotatable bonds is 0. The molecule has 0 radical (unpaired) electrons. The molecular formula is C15H29N. The van der Waals surface area contributed by atoms with Crippen molar-refractivity contribution in [1.82, 2.24) is 4.90 Å². The highest BCUT2D eigenvalue weighted by Gasteiger charge is 2.56. The summed E-state index contributed by atoms with van der Waals surface area (Å²) in [5.74, 6) is 0. The van der Waals surface area contributed by atoms with Gasteiger partial charge in [-0.15, -0.1) is 0 Å². The average molecular weight is 223 g/mol. The molecule has 1 saturated carbocycles. The van der Waals surface area contributed by atoms with Crippen LogP contribution >= 0.6 is 0 Å². The molecule has 94 valence electrons. The highest BCUT2D eigenvalue weighted by molar-refractivity contribution is 5.09. The molecule has 16 heavy (non-hydrogen) atoms. The van der Waals surface area contributed by atoms with Crippen molar-refractivity contribution in [2.24, 2.45) is 10.8 Å². The topological polar surface area (TPSA) is 3.24 Å². The fraction of sp³-hybridized carbons (Fsp3) is 1.00. The normalized spacial score (nSPS) is 30.8. The minimum absolute atomic E-state index is 0.330. The molecule has 1 heteroatoms. The summed E-state index contributed by atoms with van der Waals surface area (Å²) in [6, 6.07) is 0.786. The molecule has 1 aliphatic carbocycles. The second-order valence-corrected chi connectivity index (χ2v) is 8.10. The third-order valence-corrected chi connectivity index (χ3v) is 4.77. The van der Waals surface area contributed by atoms with Crippen LogP contribution in [0.5, 0.6) is 0 Å². The van der Waals surface area contributed by atoms with E-state index < -0.39 is 0 Å². The molecule has 2 aliphatic rings. The number of nitrogens with zero attached hydrogens (tertiary/aromatic N) is 1. The summed E-state index contributed by atoms with van der Waals surface area (Å²) in [7, 11) is 0. The summed E-state index contributed by atoms with van der Waals surface area (Å²) in [4.78, 5) is 2.78. The Bertz CT molecular complexity index is 262. The molecule has 1 unspecified atom stereocenters. The van der Waals surface area contributed by atoms with Crippen molar-refractivity contribution in [3.8, 4) is 0 Å². The van der Waals surface area contributed by atoms with Crippen molar-refractivity contribution in [3.05, 3.63) is 0 Å². The molecule has 2 fully saturated rings. The SMILES string of the molecule is CC(C)(C)C1N(C(C)(C)C)CCC12CCC2. The minimum atomic E-state index is 0.330. The summed E-state index contributed by atoms with van der Waals surface area (Å²) in [6.07, 6.45) is 5.85. The van der Waals surface area contributed by atoms with E-state index >= 15 is 0 Å². The van der Waals surface area contributed by atoms with Gasteiger partial charge in [0, 0.05) is 11.6 Å². The van der Waals surface area contributed by atoms with Gasteiger partial charge in [0.25, 0.3) is 0 Å². The fourth-order valence-corrected chi connectivity index (χ4v) is 4.20. The molecule has 0 amide bonds. The first kappa shape index (κ1) is 12.4. The van der Waals surface area contributed by atoms with Crippen LogP contribution in [0.4, 0.5) is 0 Å². The van der Waals surface area contributed by atoms with Crippen LogP contribution < -0.4 is 0 Å². The number of hydrogen-bond donors (Lipinski definition) is 0. The third-order valence-electron chi connectivity index (χ3n) is 4.77. The number of hydrogen-bond acceptors (Lipinski definition) is 1. The zero-order valence-electron chi connectivity index (χ0n) is 12.1. The first-order valence-corrected chi connectivity index (χ1v) is 6.94. The zero-order chi connectivity index (χ0) is 12.2. The average Bonchev–Trinajstić information content (AvgIpc) is 2.38. The van der Waals surface area contributed by atoms with Crippen molar-refractivity contribution in [2.75, 3.05) is 6.54 Å². The van der Waals surface area contributed by atoms with Gasteiger partial charge in [0.15, 0.2) is 0 Å². The maximum Gasteiger partial charge on any atom is 0.0206 e. The molecule has 0 aromatic heterocycles. The summed E-state index contributed by atoms with van der Waals surface area (Å²) in [5.41, 5.74) is 1.42.